The molecule has 0 aliphatic carbocycles. The van der Waals surface area contributed by atoms with Gasteiger partial charge in [0, 0.05) is 12.5 Å². The molecule has 6 heteroatoms. The molecule has 0 radical (unpaired) electrons. The molecule has 0 saturated heterocycles. The van der Waals surface area contributed by atoms with Gasteiger partial charge in [-0.05, 0) is 93.2 Å². The van der Waals surface area contributed by atoms with Crippen LogP contribution < -0.4 is 4.74 Å². The van der Waals surface area contributed by atoms with Gasteiger partial charge < -0.3 is 23.7 Å². The van der Waals surface area contributed by atoms with Gasteiger partial charge in [-0.2, -0.15) is 0 Å². The molecule has 2 aromatic carbocycles. The Labute approximate surface area is 330 Å². The van der Waals surface area contributed by atoms with E-state index in [1.54, 1.807) is 7.11 Å². The number of carbonyl (C=O) groups excluding carboxylic acids is 1. The predicted octanol–water partition coefficient (Wildman–Crippen LogP) is 13.2. The van der Waals surface area contributed by atoms with E-state index >= 15 is 0 Å². The van der Waals surface area contributed by atoms with E-state index in [9.17, 15) is 4.79 Å². The molecule has 0 heterocycles. The Morgan fingerprint density at radius 3 is 1.70 bits per heavy atom. The molecule has 2 aromatic rings. The summed E-state index contributed by atoms with van der Waals surface area (Å²) < 4.78 is 28.5. The summed E-state index contributed by atoms with van der Waals surface area (Å²) in [4.78, 5) is 12.6. The van der Waals surface area contributed by atoms with Crippen LogP contribution in [0, 0.1) is 5.92 Å². The summed E-state index contributed by atoms with van der Waals surface area (Å²) in [5, 5.41) is 2.17. The fourth-order valence-corrected chi connectivity index (χ4v) is 6.82. The molecule has 0 saturated carbocycles. The minimum Gasteiger partial charge on any atom is -0.497 e. The van der Waals surface area contributed by atoms with Crippen LogP contribution in [0.25, 0.3) is 10.8 Å². The molecule has 0 amide bonds. The van der Waals surface area contributed by atoms with Crippen molar-refractivity contribution in [3.63, 3.8) is 0 Å². The summed E-state index contributed by atoms with van der Waals surface area (Å²) in [6, 6.07) is 12.0. The number of rotatable bonds is 37. The van der Waals surface area contributed by atoms with Gasteiger partial charge in [0.1, 0.15) is 12.4 Å². The minimum atomic E-state index is -0.311. The first kappa shape index (κ1) is 47.1. The van der Waals surface area contributed by atoms with Crippen molar-refractivity contribution >= 4 is 16.7 Å². The van der Waals surface area contributed by atoms with E-state index in [2.05, 4.69) is 25.8 Å². The molecular formula is C48H76O6. The standard InChI is InChI=1S/C48H76O6/c1-6-8-10-12-14-16-18-20-23-27-43(28-24-21-19-17-15-13-11-9-7-2)42(4)53-38-37-52-36-35-51-33-25-22-26-34-54-48(49)41(3)44-29-30-46-40-47(50-5)32-31-45(46)39-44/h6-7,29-32,39-41,43H,1-2,4,8-28,33-38H2,3,5H3/t41-/m0/s1. The number of allylic oxidation sites excluding steroid dienone is 3. The molecule has 0 aliphatic rings. The zero-order valence-electron chi connectivity index (χ0n) is 34.4. The highest BCUT2D eigenvalue weighted by atomic mass is 16.5. The number of benzene rings is 2. The number of esters is 1. The van der Waals surface area contributed by atoms with Crippen LogP contribution in [0.2, 0.25) is 0 Å². The molecule has 0 N–H and O–H groups in total. The summed E-state index contributed by atoms with van der Waals surface area (Å²) in [6.45, 7) is 17.2. The molecule has 0 spiro atoms. The van der Waals surface area contributed by atoms with Crippen molar-refractivity contribution in [1.82, 2.24) is 0 Å². The maximum Gasteiger partial charge on any atom is 0.313 e. The van der Waals surface area contributed by atoms with Gasteiger partial charge in [-0.1, -0.05) is 120 Å². The van der Waals surface area contributed by atoms with Crippen molar-refractivity contribution in [2.75, 3.05) is 46.8 Å². The van der Waals surface area contributed by atoms with Gasteiger partial charge in [-0.3, -0.25) is 4.79 Å². The van der Waals surface area contributed by atoms with E-state index in [1.165, 1.54) is 103 Å². The molecule has 1 atom stereocenters. The third kappa shape index (κ3) is 22.3. The lowest BCUT2D eigenvalue weighted by atomic mass is 9.92. The fourth-order valence-electron chi connectivity index (χ4n) is 6.82. The Morgan fingerprint density at radius 1 is 0.593 bits per heavy atom. The number of ether oxygens (including phenoxy) is 5. The first-order chi connectivity index (χ1) is 26.5. The second-order valence-corrected chi connectivity index (χ2v) is 14.8. The number of hydrogen-bond acceptors (Lipinski definition) is 6. The largest absolute Gasteiger partial charge is 0.497 e. The summed E-state index contributed by atoms with van der Waals surface area (Å²) >= 11 is 0. The quantitative estimate of drug-likeness (QED) is 0.0297. The van der Waals surface area contributed by atoms with Gasteiger partial charge in [0.25, 0.3) is 0 Å². The van der Waals surface area contributed by atoms with Crippen LogP contribution >= 0.6 is 0 Å². The lowest BCUT2D eigenvalue weighted by Gasteiger charge is -2.20. The maximum absolute atomic E-state index is 12.6. The van der Waals surface area contributed by atoms with E-state index in [0.29, 0.717) is 45.6 Å². The zero-order chi connectivity index (χ0) is 38.9. The van der Waals surface area contributed by atoms with E-state index in [4.69, 9.17) is 23.7 Å². The lowest BCUT2D eigenvalue weighted by molar-refractivity contribution is -0.145. The number of carbonyl (C=O) groups is 1. The van der Waals surface area contributed by atoms with Crippen LogP contribution in [0.3, 0.4) is 0 Å². The van der Waals surface area contributed by atoms with Crippen LogP contribution in [0.1, 0.15) is 153 Å². The number of unbranched alkanes of at least 4 members (excludes halogenated alkanes) is 16. The third-order valence-electron chi connectivity index (χ3n) is 10.4. The van der Waals surface area contributed by atoms with Crippen LogP contribution in [0.4, 0.5) is 0 Å². The fraction of sp³-hybridized carbons (Fsp3) is 0.646. The first-order valence-electron chi connectivity index (χ1n) is 21.4. The lowest BCUT2D eigenvalue weighted by Crippen LogP contribution is -2.14. The Morgan fingerprint density at radius 2 is 1.09 bits per heavy atom. The monoisotopic (exact) mass is 749 g/mol. The van der Waals surface area contributed by atoms with Crippen molar-refractivity contribution in [3.05, 3.63) is 79.6 Å². The normalized spacial score (nSPS) is 11.8. The van der Waals surface area contributed by atoms with Crippen molar-refractivity contribution in [2.45, 2.75) is 148 Å². The van der Waals surface area contributed by atoms with Gasteiger partial charge in [-0.25, -0.2) is 0 Å². The topological polar surface area (TPSA) is 63.2 Å². The van der Waals surface area contributed by atoms with Crippen molar-refractivity contribution in [1.29, 1.82) is 0 Å². The highest BCUT2D eigenvalue weighted by Crippen LogP contribution is 2.27. The maximum atomic E-state index is 12.6. The average molecular weight is 749 g/mol. The van der Waals surface area contributed by atoms with Gasteiger partial charge >= 0.3 is 5.97 Å². The molecule has 0 unspecified atom stereocenters. The van der Waals surface area contributed by atoms with Crippen LogP contribution in [-0.2, 0) is 23.7 Å². The molecule has 2 rings (SSSR count). The summed E-state index contributed by atoms with van der Waals surface area (Å²) in [6.07, 6.45) is 29.8. The summed E-state index contributed by atoms with van der Waals surface area (Å²) in [5.41, 5.74) is 0.957. The number of fused-ring (bicyclic) bond motifs is 1. The van der Waals surface area contributed by atoms with E-state index in [-0.39, 0.29) is 11.9 Å². The van der Waals surface area contributed by atoms with Gasteiger partial charge in [-0.15, -0.1) is 13.2 Å². The first-order valence-corrected chi connectivity index (χ1v) is 21.4. The van der Waals surface area contributed by atoms with Gasteiger partial charge in [0.2, 0.25) is 0 Å². The van der Waals surface area contributed by atoms with Crippen LogP contribution in [0.5, 0.6) is 5.75 Å². The highest BCUT2D eigenvalue weighted by Gasteiger charge is 2.17. The summed E-state index contributed by atoms with van der Waals surface area (Å²) in [7, 11) is 1.66. The molecule has 54 heavy (non-hydrogen) atoms. The van der Waals surface area contributed by atoms with Crippen molar-refractivity contribution in [3.8, 4) is 5.75 Å². The van der Waals surface area contributed by atoms with Crippen molar-refractivity contribution < 1.29 is 28.5 Å². The molecule has 0 bridgehead atoms. The highest BCUT2D eigenvalue weighted by molar-refractivity contribution is 5.86. The Kier molecular flexibility index (Phi) is 28.0. The van der Waals surface area contributed by atoms with Gasteiger partial charge in [0.05, 0.1) is 45.2 Å². The molecule has 0 aromatic heterocycles. The Hall–Kier alpha value is -3.09. The van der Waals surface area contributed by atoms with E-state index < -0.39 is 0 Å². The molecule has 6 nitrogen and oxygen atoms in total. The SMILES string of the molecule is C=CCCCCCCCCCC(CCCCCCCCCC=C)C(=C)OCCOCCOCCCCCOC(=O)[C@@H](C)c1ccc2cc(OC)ccc2c1. The second kappa shape index (κ2) is 32.2. The molecule has 0 fully saturated rings. The minimum absolute atomic E-state index is 0.188. The number of methoxy groups -OCH3 is 1. The smallest absolute Gasteiger partial charge is 0.313 e. The molecule has 0 aliphatic heterocycles. The van der Waals surface area contributed by atoms with E-state index in [1.807, 2.05) is 49.4 Å². The van der Waals surface area contributed by atoms with Gasteiger partial charge in [0.15, 0.2) is 0 Å². The van der Waals surface area contributed by atoms with E-state index in [0.717, 1.165) is 59.9 Å². The second-order valence-electron chi connectivity index (χ2n) is 14.8. The number of hydrogen-bond donors (Lipinski definition) is 0. The molecule has 304 valence electrons. The average Bonchev–Trinajstić information content (AvgIpc) is 3.19. The van der Waals surface area contributed by atoms with Crippen LogP contribution in [-0.4, -0.2) is 52.7 Å². The third-order valence-corrected chi connectivity index (χ3v) is 10.4. The Bertz CT molecular complexity index is 1250. The van der Waals surface area contributed by atoms with Crippen molar-refractivity contribution in [2.24, 2.45) is 5.92 Å². The zero-order valence-corrected chi connectivity index (χ0v) is 34.4. The molecular weight excluding hydrogens is 673 g/mol. The Balaban J connectivity index is 1.51. The van der Waals surface area contributed by atoms with Crippen LogP contribution in [0.15, 0.2) is 74.0 Å². The summed E-state index contributed by atoms with van der Waals surface area (Å²) in [5.74, 6) is 1.71. The predicted molar refractivity (Wildman–Crippen MR) is 227 cm³/mol.